The minimum absolute atomic E-state index is 0. The van der Waals surface area contributed by atoms with Crippen LogP contribution in [0.4, 0.5) is 0 Å². The van der Waals surface area contributed by atoms with Crippen molar-refractivity contribution in [2.45, 2.75) is 26.2 Å². The van der Waals surface area contributed by atoms with Crippen LogP contribution >= 0.6 is 0 Å². The summed E-state index contributed by atoms with van der Waals surface area (Å²) in [6, 6.07) is 46.5. The quantitative estimate of drug-likeness (QED) is 0.166. The topological polar surface area (TPSA) is 64.7 Å². The van der Waals surface area contributed by atoms with E-state index < -0.39 is 0 Å². The number of benzene rings is 4. The molecule has 4 aromatic carbocycles. The molecule has 0 unspecified atom stereocenters. The molecule has 237 valence electrons. The predicted octanol–water partition coefficient (Wildman–Crippen LogP) is 10.4. The average Bonchev–Trinajstić information content (AvgIpc) is 3.52. The Morgan fingerprint density at radius 1 is 0.646 bits per heavy atom. The zero-order chi connectivity index (χ0) is 32.2. The van der Waals surface area contributed by atoms with Crippen LogP contribution in [0.5, 0.6) is 0 Å². The van der Waals surface area contributed by atoms with Gasteiger partial charge in [-0.05, 0) is 22.7 Å². The van der Waals surface area contributed by atoms with Gasteiger partial charge >= 0.3 is 0 Å². The molecule has 4 aromatic heterocycles. The third-order valence-corrected chi connectivity index (χ3v) is 7.92. The van der Waals surface area contributed by atoms with Crippen molar-refractivity contribution in [3.63, 3.8) is 0 Å². The van der Waals surface area contributed by atoms with Crippen LogP contribution in [0, 0.1) is 12.1 Å². The Kier molecular flexibility index (Phi) is 9.67. The first-order chi connectivity index (χ1) is 23.0. The van der Waals surface area contributed by atoms with Crippen LogP contribution in [0.3, 0.4) is 0 Å². The Balaban J connectivity index is 0.000000201. The van der Waals surface area contributed by atoms with Crippen molar-refractivity contribution >= 4 is 21.9 Å². The van der Waals surface area contributed by atoms with E-state index in [4.69, 9.17) is 9.40 Å². The van der Waals surface area contributed by atoms with E-state index in [1.807, 2.05) is 109 Å². The normalized spacial score (nSPS) is 11.1. The first-order valence-electron chi connectivity index (χ1n) is 15.6. The molecule has 48 heavy (non-hydrogen) atoms. The summed E-state index contributed by atoms with van der Waals surface area (Å²) in [5.41, 5.74) is 9.36. The van der Waals surface area contributed by atoms with Gasteiger partial charge in [-0.15, -0.1) is 54.1 Å². The molecule has 8 aromatic rings. The second kappa shape index (κ2) is 14.2. The Morgan fingerprint density at radius 2 is 1.33 bits per heavy atom. The molecule has 5 nitrogen and oxygen atoms in total. The van der Waals surface area contributed by atoms with Crippen LogP contribution in [0.1, 0.15) is 26.3 Å². The first-order valence-corrected chi connectivity index (χ1v) is 15.6. The molecule has 0 fully saturated rings. The molecule has 0 atom stereocenters. The summed E-state index contributed by atoms with van der Waals surface area (Å²) in [4.78, 5) is 18.3. The summed E-state index contributed by atoms with van der Waals surface area (Å²) in [6.07, 6.45) is 5.57. The van der Waals surface area contributed by atoms with Crippen LogP contribution in [0.2, 0.25) is 0 Å². The summed E-state index contributed by atoms with van der Waals surface area (Å²) in [6.45, 7) is 6.46. The molecule has 1 radical (unpaired) electrons. The molecular formula is C42H32IrN4O-2. The van der Waals surface area contributed by atoms with Crippen molar-refractivity contribution in [2.24, 2.45) is 0 Å². The molecular weight excluding hydrogens is 769 g/mol. The molecule has 8 rings (SSSR count). The number of pyridine rings is 2. The minimum Gasteiger partial charge on any atom is -0.500 e. The van der Waals surface area contributed by atoms with Gasteiger partial charge in [-0.25, -0.2) is 4.98 Å². The maximum absolute atomic E-state index is 6.45. The molecule has 0 aliphatic carbocycles. The van der Waals surface area contributed by atoms with Gasteiger partial charge in [0.15, 0.2) is 0 Å². The standard InChI is InChI=1S/C28H17N2O.C14H15N2.Ir/c1-3-10-19(11-4-1)24-18-25-26(27(30-24)20-12-5-2-6-13-20)22-15-9-14-21(28(22)31-25)23-16-7-8-17-29-23;1-14(2,3)12-9-15-13(16-10-12)11-7-5-4-6-8-11;/h1-13,15-18H;4-7,9-10H,1-3H3;/q2*-1;. The number of fused-ring (bicyclic) bond motifs is 3. The van der Waals surface area contributed by atoms with Gasteiger partial charge in [0.1, 0.15) is 5.58 Å². The van der Waals surface area contributed by atoms with Crippen LogP contribution in [0.25, 0.3) is 67.1 Å². The fourth-order valence-electron chi connectivity index (χ4n) is 5.41. The van der Waals surface area contributed by atoms with E-state index in [2.05, 4.69) is 72.1 Å². The van der Waals surface area contributed by atoms with Crippen LogP contribution in [-0.4, -0.2) is 19.9 Å². The molecule has 0 saturated heterocycles. The number of rotatable bonds is 4. The SMILES string of the molecule is CC(C)(C)c1cnc(-c2[c-]cccc2)nc1.[Ir].[c-]1ccc2c(oc3cc(-c4ccccc4)nc(-c4ccccc4)c32)c1-c1ccccn1. The van der Waals surface area contributed by atoms with E-state index in [0.717, 1.165) is 72.7 Å². The molecule has 0 bridgehead atoms. The number of furan rings is 1. The van der Waals surface area contributed by atoms with Gasteiger partial charge in [0.25, 0.3) is 0 Å². The largest absolute Gasteiger partial charge is 0.500 e. The van der Waals surface area contributed by atoms with E-state index in [1.54, 1.807) is 6.20 Å². The maximum Gasteiger partial charge on any atom is 0.125 e. The smallest absolute Gasteiger partial charge is 0.125 e. The van der Waals surface area contributed by atoms with E-state index in [0.29, 0.717) is 0 Å². The summed E-state index contributed by atoms with van der Waals surface area (Å²) in [5.74, 6) is 0.730. The van der Waals surface area contributed by atoms with Gasteiger partial charge in [0.05, 0.1) is 22.8 Å². The molecule has 0 saturated carbocycles. The molecule has 0 aliphatic heterocycles. The number of hydrogen-bond acceptors (Lipinski definition) is 5. The number of nitrogens with zero attached hydrogens (tertiary/aromatic N) is 4. The average molecular weight is 801 g/mol. The minimum atomic E-state index is 0. The Bertz CT molecular complexity index is 2250. The fraction of sp³-hybridized carbons (Fsp3) is 0.0952. The zero-order valence-electron chi connectivity index (χ0n) is 26.8. The van der Waals surface area contributed by atoms with E-state index in [9.17, 15) is 0 Å². The van der Waals surface area contributed by atoms with Crippen molar-refractivity contribution in [2.75, 3.05) is 0 Å². The second-order valence-electron chi connectivity index (χ2n) is 12.2. The fourth-order valence-corrected chi connectivity index (χ4v) is 5.41. The van der Waals surface area contributed by atoms with Gasteiger partial charge in [-0.3, -0.25) is 9.97 Å². The Morgan fingerprint density at radius 3 is 1.98 bits per heavy atom. The first kappa shape index (κ1) is 32.6. The molecule has 6 heteroatoms. The Labute approximate surface area is 294 Å². The second-order valence-corrected chi connectivity index (χ2v) is 12.2. The van der Waals surface area contributed by atoms with Gasteiger partial charge in [-0.2, -0.15) is 0 Å². The van der Waals surface area contributed by atoms with Gasteiger partial charge in [0, 0.05) is 61.3 Å². The number of hydrogen-bond donors (Lipinski definition) is 0. The van der Waals surface area contributed by atoms with Crippen LogP contribution in [-0.2, 0) is 25.5 Å². The van der Waals surface area contributed by atoms with Gasteiger partial charge < -0.3 is 9.40 Å². The van der Waals surface area contributed by atoms with E-state index in [-0.39, 0.29) is 25.5 Å². The molecule has 0 N–H and O–H groups in total. The van der Waals surface area contributed by atoms with Crippen molar-refractivity contribution in [1.29, 1.82) is 0 Å². The van der Waals surface area contributed by atoms with Crippen molar-refractivity contribution in [3.05, 3.63) is 158 Å². The van der Waals surface area contributed by atoms with E-state index in [1.165, 1.54) is 0 Å². The van der Waals surface area contributed by atoms with Gasteiger partial charge in [0.2, 0.25) is 0 Å². The zero-order valence-corrected chi connectivity index (χ0v) is 29.2. The van der Waals surface area contributed by atoms with Crippen molar-refractivity contribution in [1.82, 2.24) is 19.9 Å². The van der Waals surface area contributed by atoms with Crippen LogP contribution < -0.4 is 0 Å². The summed E-state index contributed by atoms with van der Waals surface area (Å²) in [7, 11) is 0. The van der Waals surface area contributed by atoms with E-state index >= 15 is 0 Å². The van der Waals surface area contributed by atoms with Crippen LogP contribution in [0.15, 0.2) is 144 Å². The Hall–Kier alpha value is -5.29. The van der Waals surface area contributed by atoms with Crippen molar-refractivity contribution < 1.29 is 24.5 Å². The predicted molar refractivity (Wildman–Crippen MR) is 189 cm³/mol. The van der Waals surface area contributed by atoms with Gasteiger partial charge in [-0.1, -0.05) is 105 Å². The summed E-state index contributed by atoms with van der Waals surface area (Å²) in [5, 5.41) is 2.02. The van der Waals surface area contributed by atoms with Crippen molar-refractivity contribution in [3.8, 4) is 45.2 Å². The molecule has 0 aliphatic rings. The maximum atomic E-state index is 6.45. The summed E-state index contributed by atoms with van der Waals surface area (Å²) < 4.78 is 6.45. The number of aromatic nitrogens is 4. The third kappa shape index (κ3) is 6.86. The molecule has 0 spiro atoms. The third-order valence-electron chi connectivity index (χ3n) is 7.92. The summed E-state index contributed by atoms with van der Waals surface area (Å²) >= 11 is 0. The monoisotopic (exact) mass is 801 g/mol. The molecule has 0 amide bonds. The molecule has 4 heterocycles.